The first-order valence-corrected chi connectivity index (χ1v) is 7.83. The number of carbonyl (C=O) groups excluding carboxylic acids is 1. The lowest BCUT2D eigenvalue weighted by molar-refractivity contribution is -0.116. The maximum Gasteiger partial charge on any atom is 0.246 e. The maximum atomic E-state index is 12.4. The minimum absolute atomic E-state index is 0.0548. The van der Waals surface area contributed by atoms with Crippen LogP contribution in [0.25, 0.3) is 0 Å². The highest BCUT2D eigenvalue weighted by molar-refractivity contribution is 5.95. The molecule has 2 rings (SSSR count). The molecule has 2 aromatic rings. The zero-order valence-electron chi connectivity index (χ0n) is 13.6. The molecule has 0 saturated heterocycles. The first kappa shape index (κ1) is 16.1. The van der Waals surface area contributed by atoms with Crippen molar-refractivity contribution in [2.75, 3.05) is 23.8 Å². The number of nitrogens with one attached hydrogen (secondary N) is 1. The van der Waals surface area contributed by atoms with E-state index in [1.807, 2.05) is 37.4 Å². The third kappa shape index (κ3) is 3.67. The zero-order chi connectivity index (χ0) is 15.9. The molecule has 116 valence electrons. The van der Waals surface area contributed by atoms with Crippen LogP contribution in [0.5, 0.6) is 0 Å². The van der Waals surface area contributed by atoms with Crippen LogP contribution < -0.4 is 10.2 Å². The monoisotopic (exact) mass is 296 g/mol. The van der Waals surface area contributed by atoms with Gasteiger partial charge in [-0.05, 0) is 36.1 Å². The van der Waals surface area contributed by atoms with Crippen molar-refractivity contribution in [3.05, 3.63) is 59.7 Å². The average Bonchev–Trinajstić information content (AvgIpc) is 2.59. The van der Waals surface area contributed by atoms with E-state index in [9.17, 15) is 4.79 Å². The molecule has 0 aromatic heterocycles. The molecule has 0 heterocycles. The van der Waals surface area contributed by atoms with Gasteiger partial charge in [0, 0.05) is 18.4 Å². The maximum absolute atomic E-state index is 12.4. The predicted octanol–water partition coefficient (Wildman–Crippen LogP) is 3.89. The van der Waals surface area contributed by atoms with Crippen LogP contribution in [0.3, 0.4) is 0 Å². The van der Waals surface area contributed by atoms with Gasteiger partial charge in [-0.3, -0.25) is 4.79 Å². The standard InChI is InChI=1S/C19H24N2O/c1-4-15-10-9-11-16(5-2)19(15)20-14-18(22)21(3)17-12-7-6-8-13-17/h6-13,20H,4-5,14H2,1-3H3. The summed E-state index contributed by atoms with van der Waals surface area (Å²) in [5.74, 6) is 0.0548. The van der Waals surface area contributed by atoms with Gasteiger partial charge < -0.3 is 10.2 Å². The van der Waals surface area contributed by atoms with Gasteiger partial charge in [0.15, 0.2) is 0 Å². The van der Waals surface area contributed by atoms with Crippen LogP contribution >= 0.6 is 0 Å². The lowest BCUT2D eigenvalue weighted by atomic mass is 10.0. The molecular weight excluding hydrogens is 272 g/mol. The van der Waals surface area contributed by atoms with Gasteiger partial charge in [0.05, 0.1) is 6.54 Å². The highest BCUT2D eigenvalue weighted by atomic mass is 16.2. The third-order valence-electron chi connectivity index (χ3n) is 3.93. The number of rotatable bonds is 6. The minimum atomic E-state index is 0.0548. The van der Waals surface area contributed by atoms with E-state index in [1.54, 1.807) is 4.90 Å². The summed E-state index contributed by atoms with van der Waals surface area (Å²) in [6.45, 7) is 4.57. The van der Waals surface area contributed by atoms with Crippen molar-refractivity contribution in [3.63, 3.8) is 0 Å². The van der Waals surface area contributed by atoms with E-state index in [0.717, 1.165) is 24.2 Å². The molecule has 0 fully saturated rings. The molecule has 0 unspecified atom stereocenters. The second-order valence-corrected chi connectivity index (χ2v) is 5.30. The molecule has 3 heteroatoms. The van der Waals surface area contributed by atoms with Crippen molar-refractivity contribution in [2.24, 2.45) is 0 Å². The Balaban J connectivity index is 2.08. The summed E-state index contributed by atoms with van der Waals surface area (Å²) in [7, 11) is 1.81. The van der Waals surface area contributed by atoms with Gasteiger partial charge in [-0.25, -0.2) is 0 Å². The van der Waals surface area contributed by atoms with Gasteiger partial charge in [0.25, 0.3) is 0 Å². The SMILES string of the molecule is CCc1cccc(CC)c1NCC(=O)N(C)c1ccccc1. The molecule has 0 bridgehead atoms. The van der Waals surface area contributed by atoms with Crippen molar-refractivity contribution < 1.29 is 4.79 Å². The van der Waals surface area contributed by atoms with Crippen LogP contribution in [0.15, 0.2) is 48.5 Å². The number of carbonyl (C=O) groups is 1. The molecule has 0 aliphatic rings. The van der Waals surface area contributed by atoms with Crippen molar-refractivity contribution >= 4 is 17.3 Å². The summed E-state index contributed by atoms with van der Waals surface area (Å²) < 4.78 is 0. The number of hydrogen-bond acceptors (Lipinski definition) is 2. The first-order valence-electron chi connectivity index (χ1n) is 7.83. The van der Waals surface area contributed by atoms with Gasteiger partial charge in [0.2, 0.25) is 5.91 Å². The fourth-order valence-corrected chi connectivity index (χ4v) is 2.55. The van der Waals surface area contributed by atoms with E-state index in [1.165, 1.54) is 11.1 Å². The van der Waals surface area contributed by atoms with Gasteiger partial charge >= 0.3 is 0 Å². The predicted molar refractivity (Wildman–Crippen MR) is 93.5 cm³/mol. The summed E-state index contributed by atoms with van der Waals surface area (Å²) >= 11 is 0. The summed E-state index contributed by atoms with van der Waals surface area (Å²) in [5, 5.41) is 3.34. The van der Waals surface area contributed by atoms with E-state index in [2.05, 4.69) is 37.4 Å². The Hall–Kier alpha value is -2.29. The number of hydrogen-bond donors (Lipinski definition) is 1. The van der Waals surface area contributed by atoms with E-state index < -0.39 is 0 Å². The second-order valence-electron chi connectivity index (χ2n) is 5.30. The largest absolute Gasteiger partial charge is 0.376 e. The molecule has 0 saturated carbocycles. The van der Waals surface area contributed by atoms with Gasteiger partial charge in [-0.2, -0.15) is 0 Å². The number of para-hydroxylation sites is 2. The summed E-state index contributed by atoms with van der Waals surface area (Å²) in [4.78, 5) is 14.1. The fraction of sp³-hybridized carbons (Fsp3) is 0.316. The Morgan fingerprint density at radius 3 is 2.09 bits per heavy atom. The Kier molecular flexibility index (Phi) is 5.59. The molecule has 0 spiro atoms. The Morgan fingerprint density at radius 2 is 1.55 bits per heavy atom. The van der Waals surface area contributed by atoms with Crippen LogP contribution in [-0.4, -0.2) is 19.5 Å². The topological polar surface area (TPSA) is 32.3 Å². The van der Waals surface area contributed by atoms with Crippen molar-refractivity contribution in [2.45, 2.75) is 26.7 Å². The van der Waals surface area contributed by atoms with Crippen LogP contribution in [-0.2, 0) is 17.6 Å². The number of anilines is 2. The van der Waals surface area contributed by atoms with Crippen LogP contribution in [0.4, 0.5) is 11.4 Å². The highest BCUT2D eigenvalue weighted by Gasteiger charge is 2.12. The number of aryl methyl sites for hydroxylation is 2. The molecule has 1 amide bonds. The van der Waals surface area contributed by atoms with Crippen molar-refractivity contribution in [3.8, 4) is 0 Å². The number of nitrogens with zero attached hydrogens (tertiary/aromatic N) is 1. The molecule has 1 N–H and O–H groups in total. The van der Waals surface area contributed by atoms with E-state index >= 15 is 0 Å². The highest BCUT2D eigenvalue weighted by Crippen LogP contribution is 2.22. The van der Waals surface area contributed by atoms with Crippen molar-refractivity contribution in [1.82, 2.24) is 0 Å². The summed E-state index contributed by atoms with van der Waals surface area (Å²) in [6, 6.07) is 16.0. The molecule has 0 radical (unpaired) electrons. The Labute approximate surface area is 133 Å². The number of benzene rings is 2. The molecule has 0 atom stereocenters. The second kappa shape index (κ2) is 7.64. The van der Waals surface area contributed by atoms with E-state index in [4.69, 9.17) is 0 Å². The normalized spacial score (nSPS) is 10.3. The van der Waals surface area contributed by atoms with Crippen LogP contribution in [0.2, 0.25) is 0 Å². The number of likely N-dealkylation sites (N-methyl/N-ethyl adjacent to an activating group) is 1. The molecular formula is C19H24N2O. The van der Waals surface area contributed by atoms with Crippen LogP contribution in [0, 0.1) is 0 Å². The lowest BCUT2D eigenvalue weighted by Crippen LogP contribution is -2.32. The number of amides is 1. The molecule has 3 nitrogen and oxygen atoms in total. The fourth-order valence-electron chi connectivity index (χ4n) is 2.55. The average molecular weight is 296 g/mol. The van der Waals surface area contributed by atoms with Gasteiger partial charge in [-0.1, -0.05) is 50.2 Å². The van der Waals surface area contributed by atoms with Crippen molar-refractivity contribution in [1.29, 1.82) is 0 Å². The first-order chi connectivity index (χ1) is 10.7. The quantitative estimate of drug-likeness (QED) is 0.877. The smallest absolute Gasteiger partial charge is 0.246 e. The third-order valence-corrected chi connectivity index (χ3v) is 3.93. The molecule has 2 aromatic carbocycles. The molecule has 22 heavy (non-hydrogen) atoms. The van der Waals surface area contributed by atoms with Crippen LogP contribution in [0.1, 0.15) is 25.0 Å². The molecule has 0 aliphatic carbocycles. The van der Waals surface area contributed by atoms with E-state index in [-0.39, 0.29) is 5.91 Å². The lowest BCUT2D eigenvalue weighted by Gasteiger charge is -2.20. The minimum Gasteiger partial charge on any atom is -0.376 e. The molecule has 0 aliphatic heterocycles. The Morgan fingerprint density at radius 1 is 0.955 bits per heavy atom. The Bertz CT molecular complexity index is 600. The van der Waals surface area contributed by atoms with E-state index in [0.29, 0.717) is 6.54 Å². The zero-order valence-corrected chi connectivity index (χ0v) is 13.6. The summed E-state index contributed by atoms with van der Waals surface area (Å²) in [6.07, 6.45) is 1.91. The summed E-state index contributed by atoms with van der Waals surface area (Å²) in [5.41, 5.74) is 4.54. The van der Waals surface area contributed by atoms with Gasteiger partial charge in [0.1, 0.15) is 0 Å². The van der Waals surface area contributed by atoms with Gasteiger partial charge in [-0.15, -0.1) is 0 Å².